The van der Waals surface area contributed by atoms with E-state index >= 15 is 0 Å². The first-order valence-electron chi connectivity index (χ1n) is 7.96. The maximum atomic E-state index is 12.2. The van der Waals surface area contributed by atoms with Crippen LogP contribution in [0.1, 0.15) is 5.56 Å². The van der Waals surface area contributed by atoms with E-state index in [0.717, 1.165) is 17.0 Å². The molecule has 1 aliphatic heterocycles. The Balaban J connectivity index is 1.80. The topological polar surface area (TPSA) is 59.9 Å². The summed E-state index contributed by atoms with van der Waals surface area (Å²) in [6.45, 7) is 4.06. The third-order valence-electron chi connectivity index (χ3n) is 3.52. The molecule has 0 saturated carbocycles. The molecule has 2 aromatic rings. The summed E-state index contributed by atoms with van der Waals surface area (Å²) >= 11 is 1.29. The molecule has 0 bridgehead atoms. The zero-order valence-electron chi connectivity index (χ0n) is 14.3. The normalized spacial score (nSPS) is 16.6. The Bertz CT molecular complexity index is 873. The van der Waals surface area contributed by atoms with Crippen LogP contribution >= 0.6 is 11.8 Å². The van der Waals surface area contributed by atoms with Gasteiger partial charge in [0, 0.05) is 5.56 Å². The monoisotopic (exact) mass is 366 g/mol. The molecule has 0 aromatic heterocycles. The number of hydrogen-bond acceptors (Lipinski definition) is 5. The molecule has 0 aliphatic carbocycles. The van der Waals surface area contributed by atoms with Crippen LogP contribution in [0.3, 0.4) is 0 Å². The van der Waals surface area contributed by atoms with E-state index in [4.69, 9.17) is 9.47 Å². The second-order valence-electron chi connectivity index (χ2n) is 5.32. The lowest BCUT2D eigenvalue weighted by Crippen LogP contribution is -2.19. The lowest BCUT2D eigenvalue weighted by molar-refractivity contribution is -0.115. The van der Waals surface area contributed by atoms with Crippen molar-refractivity contribution < 1.29 is 14.3 Å². The van der Waals surface area contributed by atoms with Crippen LogP contribution in [-0.2, 0) is 4.79 Å². The third-order valence-corrected chi connectivity index (χ3v) is 4.43. The number of hydrogen-bond donors (Lipinski definition) is 1. The summed E-state index contributed by atoms with van der Waals surface area (Å²) in [5.74, 6) is 1.28. The van der Waals surface area contributed by atoms with Crippen molar-refractivity contribution in [2.45, 2.75) is 0 Å². The molecule has 0 spiro atoms. The minimum Gasteiger partial charge on any atom is -0.497 e. The summed E-state index contributed by atoms with van der Waals surface area (Å²) in [5.41, 5.74) is 1.57. The highest BCUT2D eigenvalue weighted by atomic mass is 32.2. The Labute approximate surface area is 156 Å². The first kappa shape index (κ1) is 17.8. The van der Waals surface area contributed by atoms with Crippen LogP contribution < -0.4 is 14.8 Å². The van der Waals surface area contributed by atoms with Crippen molar-refractivity contribution in [2.75, 3.05) is 13.7 Å². The number of benzene rings is 2. The number of methoxy groups -OCH3 is 1. The van der Waals surface area contributed by atoms with Crippen molar-refractivity contribution in [3.63, 3.8) is 0 Å². The molecule has 1 saturated heterocycles. The van der Waals surface area contributed by atoms with E-state index in [1.54, 1.807) is 19.3 Å². The molecule has 1 heterocycles. The van der Waals surface area contributed by atoms with E-state index in [0.29, 0.717) is 22.4 Å². The molecule has 0 radical (unpaired) electrons. The van der Waals surface area contributed by atoms with Gasteiger partial charge in [-0.2, -0.15) is 0 Å². The van der Waals surface area contributed by atoms with Gasteiger partial charge in [-0.1, -0.05) is 30.9 Å². The van der Waals surface area contributed by atoms with Gasteiger partial charge in [0.25, 0.3) is 5.91 Å². The highest BCUT2D eigenvalue weighted by molar-refractivity contribution is 8.18. The van der Waals surface area contributed by atoms with Crippen LogP contribution in [0.5, 0.6) is 11.5 Å². The number of ether oxygens (including phenoxy) is 2. The van der Waals surface area contributed by atoms with E-state index in [9.17, 15) is 4.79 Å². The largest absolute Gasteiger partial charge is 0.497 e. The van der Waals surface area contributed by atoms with Gasteiger partial charge in [0.1, 0.15) is 18.1 Å². The number of nitrogens with zero attached hydrogens (tertiary/aromatic N) is 1. The number of thioether (sulfide) groups is 1. The van der Waals surface area contributed by atoms with Crippen molar-refractivity contribution in [1.82, 2.24) is 5.32 Å². The molecule has 1 fully saturated rings. The first-order valence-corrected chi connectivity index (χ1v) is 8.77. The summed E-state index contributed by atoms with van der Waals surface area (Å²) in [4.78, 5) is 17.3. The van der Waals surface area contributed by atoms with Gasteiger partial charge in [0.05, 0.1) is 17.7 Å². The van der Waals surface area contributed by atoms with E-state index in [1.165, 1.54) is 11.8 Å². The molecule has 26 heavy (non-hydrogen) atoms. The Morgan fingerprint density at radius 1 is 1.19 bits per heavy atom. The maximum absolute atomic E-state index is 12.2. The highest BCUT2D eigenvalue weighted by Crippen LogP contribution is 2.30. The van der Waals surface area contributed by atoms with Crippen LogP contribution in [0.4, 0.5) is 5.69 Å². The third kappa shape index (κ3) is 4.34. The minimum atomic E-state index is -0.180. The summed E-state index contributed by atoms with van der Waals surface area (Å²) in [6.07, 6.45) is 3.48. The smallest absolute Gasteiger partial charge is 0.264 e. The number of para-hydroxylation sites is 1. The SMILES string of the molecule is C=CCOc1ccccc1C=C1SC(=Nc2ccc(OC)cc2)NC1=O. The summed E-state index contributed by atoms with van der Waals surface area (Å²) in [5, 5.41) is 3.32. The number of amides is 1. The van der Waals surface area contributed by atoms with Crippen LogP contribution in [0.25, 0.3) is 6.08 Å². The van der Waals surface area contributed by atoms with E-state index in [1.807, 2.05) is 48.5 Å². The van der Waals surface area contributed by atoms with E-state index in [2.05, 4.69) is 16.9 Å². The molecule has 0 unspecified atom stereocenters. The fourth-order valence-electron chi connectivity index (χ4n) is 2.28. The van der Waals surface area contributed by atoms with Crippen molar-refractivity contribution >= 4 is 34.6 Å². The minimum absolute atomic E-state index is 0.180. The summed E-state index contributed by atoms with van der Waals surface area (Å²) in [7, 11) is 1.61. The lowest BCUT2D eigenvalue weighted by Gasteiger charge is -2.06. The number of aliphatic imine (C=N–C) groups is 1. The number of carbonyl (C=O) groups excluding carboxylic acids is 1. The molecule has 2 aromatic carbocycles. The zero-order valence-corrected chi connectivity index (χ0v) is 15.1. The molecule has 1 amide bonds. The molecular weight excluding hydrogens is 348 g/mol. The molecule has 0 atom stereocenters. The van der Waals surface area contributed by atoms with Gasteiger partial charge in [-0.3, -0.25) is 4.79 Å². The van der Waals surface area contributed by atoms with Crippen molar-refractivity contribution in [3.05, 3.63) is 71.7 Å². The van der Waals surface area contributed by atoms with Gasteiger partial charge in [-0.15, -0.1) is 0 Å². The van der Waals surface area contributed by atoms with Gasteiger partial charge >= 0.3 is 0 Å². The lowest BCUT2D eigenvalue weighted by atomic mass is 10.2. The summed E-state index contributed by atoms with van der Waals surface area (Å²) in [6, 6.07) is 14.9. The fraction of sp³-hybridized carbons (Fsp3) is 0.100. The van der Waals surface area contributed by atoms with E-state index < -0.39 is 0 Å². The number of amidine groups is 1. The Morgan fingerprint density at radius 2 is 1.96 bits per heavy atom. The Kier molecular flexibility index (Phi) is 5.76. The van der Waals surface area contributed by atoms with Gasteiger partial charge in [-0.25, -0.2) is 4.99 Å². The maximum Gasteiger partial charge on any atom is 0.264 e. The predicted octanol–water partition coefficient (Wildman–Crippen LogP) is 4.15. The predicted molar refractivity (Wildman–Crippen MR) is 106 cm³/mol. The standard InChI is InChI=1S/C20H18N2O3S/c1-3-12-25-17-7-5-4-6-14(17)13-18-19(23)22-20(26-18)21-15-8-10-16(24-2)11-9-15/h3-11,13H,1,12H2,2H3,(H,21,22,23). The molecule has 6 heteroatoms. The zero-order chi connectivity index (χ0) is 18.4. The van der Waals surface area contributed by atoms with Gasteiger partial charge in [0.15, 0.2) is 5.17 Å². The summed E-state index contributed by atoms with van der Waals surface area (Å²) < 4.78 is 10.8. The quantitative estimate of drug-likeness (QED) is 0.616. The fourth-order valence-corrected chi connectivity index (χ4v) is 3.11. The number of nitrogens with one attached hydrogen (secondary N) is 1. The van der Waals surface area contributed by atoms with Crippen molar-refractivity contribution in [1.29, 1.82) is 0 Å². The van der Waals surface area contributed by atoms with Crippen molar-refractivity contribution in [2.24, 2.45) is 4.99 Å². The van der Waals surface area contributed by atoms with Crippen LogP contribution in [0.15, 0.2) is 71.1 Å². The van der Waals surface area contributed by atoms with E-state index in [-0.39, 0.29) is 5.91 Å². The average molecular weight is 366 g/mol. The van der Waals surface area contributed by atoms with Crippen LogP contribution in [-0.4, -0.2) is 24.8 Å². The molecule has 5 nitrogen and oxygen atoms in total. The average Bonchev–Trinajstić information content (AvgIpc) is 3.00. The van der Waals surface area contributed by atoms with Crippen LogP contribution in [0.2, 0.25) is 0 Å². The number of rotatable bonds is 6. The molecule has 1 N–H and O–H groups in total. The van der Waals surface area contributed by atoms with Gasteiger partial charge in [-0.05, 0) is 48.2 Å². The Morgan fingerprint density at radius 3 is 2.69 bits per heavy atom. The second-order valence-corrected chi connectivity index (χ2v) is 6.35. The Hall–Kier alpha value is -2.99. The highest BCUT2D eigenvalue weighted by Gasteiger charge is 2.24. The second kappa shape index (κ2) is 8.40. The molecular formula is C20H18N2O3S. The molecule has 132 valence electrons. The number of carbonyl (C=O) groups is 1. The van der Waals surface area contributed by atoms with Crippen molar-refractivity contribution in [3.8, 4) is 11.5 Å². The van der Waals surface area contributed by atoms with Gasteiger partial charge in [0.2, 0.25) is 0 Å². The van der Waals surface area contributed by atoms with Gasteiger partial charge < -0.3 is 14.8 Å². The molecule has 3 rings (SSSR count). The van der Waals surface area contributed by atoms with Crippen LogP contribution in [0, 0.1) is 0 Å². The molecule has 1 aliphatic rings. The first-order chi connectivity index (χ1) is 12.7.